The summed E-state index contributed by atoms with van der Waals surface area (Å²) in [5.74, 6) is 0.823. The Morgan fingerprint density at radius 1 is 1.18 bits per heavy atom. The highest BCUT2D eigenvalue weighted by Crippen LogP contribution is 2.23. The lowest BCUT2D eigenvalue weighted by atomic mass is 10.3. The van der Waals surface area contributed by atoms with Crippen LogP contribution in [0.15, 0.2) is 12.1 Å². The van der Waals surface area contributed by atoms with Gasteiger partial charge in [0.1, 0.15) is 5.82 Å². The first kappa shape index (κ1) is 28.2. The summed E-state index contributed by atoms with van der Waals surface area (Å²) in [7, 11) is 0. The number of nitrogens with one attached hydrogen (secondary N) is 1. The van der Waals surface area contributed by atoms with E-state index in [4.69, 9.17) is 15.6 Å². The van der Waals surface area contributed by atoms with Gasteiger partial charge in [-0.15, -0.1) is 0 Å². The minimum Gasteiger partial charge on any atom is -0.478 e. The quantitative estimate of drug-likeness (QED) is 0.465. The number of rotatable bonds is 12. The third-order valence-corrected chi connectivity index (χ3v) is 3.39. The van der Waals surface area contributed by atoms with Crippen molar-refractivity contribution in [3.8, 4) is 5.88 Å². The van der Waals surface area contributed by atoms with Crippen molar-refractivity contribution in [1.82, 2.24) is 10.3 Å². The third kappa shape index (κ3) is 13.2. The fourth-order valence-corrected chi connectivity index (χ4v) is 2.37. The van der Waals surface area contributed by atoms with Gasteiger partial charge in [0.15, 0.2) is 0 Å². The van der Waals surface area contributed by atoms with Gasteiger partial charge in [0, 0.05) is 43.9 Å². The molecule has 1 aromatic rings. The Balaban J connectivity index is 0. The van der Waals surface area contributed by atoms with Crippen molar-refractivity contribution >= 4 is 17.4 Å². The zero-order chi connectivity index (χ0) is 21.8. The van der Waals surface area contributed by atoms with Crippen molar-refractivity contribution in [2.45, 2.75) is 67.2 Å². The van der Waals surface area contributed by atoms with Crippen molar-refractivity contribution in [1.29, 1.82) is 0 Å². The maximum absolute atomic E-state index is 11.4. The lowest BCUT2D eigenvalue weighted by Crippen LogP contribution is -2.26. The second-order valence-electron chi connectivity index (χ2n) is 5.60. The molecule has 4 N–H and O–H groups in total. The number of hydrogen-bond donors (Lipinski definition) is 3. The average Bonchev–Trinajstić information content (AvgIpc) is 2.72. The van der Waals surface area contributed by atoms with Gasteiger partial charge in [-0.05, 0) is 19.3 Å². The molecule has 0 aliphatic heterocycles. The second kappa shape index (κ2) is 19.7. The van der Waals surface area contributed by atoms with Gasteiger partial charge in [-0.3, -0.25) is 4.79 Å². The van der Waals surface area contributed by atoms with E-state index in [2.05, 4.69) is 29.0 Å². The third-order valence-electron chi connectivity index (χ3n) is 3.39. The van der Waals surface area contributed by atoms with Gasteiger partial charge in [0.05, 0.1) is 13.2 Å². The Hall–Kier alpha value is -2.02. The van der Waals surface area contributed by atoms with E-state index in [1.165, 1.54) is 0 Å². The molecule has 0 unspecified atom stereocenters. The first-order valence-corrected chi connectivity index (χ1v) is 10.6. The molecule has 0 saturated carbocycles. The highest BCUT2D eigenvalue weighted by atomic mass is 16.5. The number of aromatic nitrogens is 1. The van der Waals surface area contributed by atoms with Crippen LogP contribution in [-0.4, -0.2) is 48.8 Å². The zero-order valence-corrected chi connectivity index (χ0v) is 18.8. The molecule has 0 aliphatic rings. The summed E-state index contributed by atoms with van der Waals surface area (Å²) in [6.45, 7) is 14.8. The second-order valence-corrected chi connectivity index (χ2v) is 5.60. The number of nitrogens with zero attached hydrogens (tertiary/aromatic N) is 2. The number of anilines is 2. The Bertz CT molecular complexity index is 493. The van der Waals surface area contributed by atoms with Crippen LogP contribution in [0.1, 0.15) is 67.2 Å². The maximum Gasteiger partial charge on any atom is 0.220 e. The van der Waals surface area contributed by atoms with E-state index in [9.17, 15) is 4.79 Å². The molecule has 28 heavy (non-hydrogen) atoms. The number of nitrogens with two attached hydrogens (primary N) is 1. The number of ether oxygens (including phenoxy) is 1. The van der Waals surface area contributed by atoms with Crippen molar-refractivity contribution in [3.63, 3.8) is 0 Å². The van der Waals surface area contributed by atoms with Gasteiger partial charge in [-0.2, -0.15) is 4.98 Å². The van der Waals surface area contributed by atoms with Gasteiger partial charge in [-0.25, -0.2) is 0 Å². The molecule has 0 spiro atoms. The van der Waals surface area contributed by atoms with Crippen molar-refractivity contribution in [2.24, 2.45) is 0 Å². The first-order valence-electron chi connectivity index (χ1n) is 10.6. The molecule has 0 bridgehead atoms. The summed E-state index contributed by atoms with van der Waals surface area (Å²) in [5.41, 5.74) is 6.91. The van der Waals surface area contributed by atoms with Crippen LogP contribution in [0.25, 0.3) is 0 Å². The largest absolute Gasteiger partial charge is 0.478 e. The van der Waals surface area contributed by atoms with Crippen LogP contribution in [0.2, 0.25) is 0 Å². The Labute approximate surface area is 171 Å². The minimum atomic E-state index is -0.0917. The summed E-state index contributed by atoms with van der Waals surface area (Å²) in [6, 6.07) is 3.76. The number of nitrogen functional groups attached to an aromatic ring is 1. The van der Waals surface area contributed by atoms with E-state index in [0.717, 1.165) is 31.6 Å². The molecular formula is C21H42N4O3. The summed E-state index contributed by atoms with van der Waals surface area (Å²) in [5, 5.41) is 11.3. The average molecular weight is 399 g/mol. The van der Waals surface area contributed by atoms with Crippen molar-refractivity contribution < 1.29 is 14.6 Å². The number of aliphatic hydroxyl groups is 1. The molecule has 0 radical (unpaired) electrons. The van der Waals surface area contributed by atoms with Crippen molar-refractivity contribution in [3.05, 3.63) is 12.1 Å². The van der Waals surface area contributed by atoms with E-state index in [1.807, 2.05) is 39.8 Å². The summed E-state index contributed by atoms with van der Waals surface area (Å²) >= 11 is 0. The molecule has 0 aliphatic carbocycles. The van der Waals surface area contributed by atoms with E-state index in [0.29, 0.717) is 31.1 Å². The number of hydrogen-bond acceptors (Lipinski definition) is 6. The fourth-order valence-electron chi connectivity index (χ4n) is 2.37. The van der Waals surface area contributed by atoms with Crippen LogP contribution < -0.4 is 20.7 Å². The number of pyridine rings is 1. The van der Waals surface area contributed by atoms with Crippen LogP contribution >= 0.6 is 0 Å². The molecule has 1 rings (SSSR count). The lowest BCUT2D eigenvalue weighted by molar-refractivity contribution is -0.121. The molecule has 7 nitrogen and oxygen atoms in total. The Morgan fingerprint density at radius 2 is 1.79 bits per heavy atom. The van der Waals surface area contributed by atoms with Gasteiger partial charge < -0.3 is 25.8 Å². The summed E-state index contributed by atoms with van der Waals surface area (Å²) in [6.07, 6.45) is 3.05. The molecule has 1 amide bonds. The number of carbonyl (C=O) groups is 1. The lowest BCUT2D eigenvalue weighted by Gasteiger charge is -2.24. The fraction of sp³-hybridized carbons (Fsp3) is 0.714. The zero-order valence-electron chi connectivity index (χ0n) is 18.8. The molecule has 1 heterocycles. The molecule has 0 aromatic carbocycles. The van der Waals surface area contributed by atoms with E-state index < -0.39 is 0 Å². The monoisotopic (exact) mass is 398 g/mol. The summed E-state index contributed by atoms with van der Waals surface area (Å²) < 4.78 is 5.64. The van der Waals surface area contributed by atoms with Gasteiger partial charge in [0.2, 0.25) is 11.8 Å². The Morgan fingerprint density at radius 3 is 2.32 bits per heavy atom. The molecule has 0 saturated heterocycles. The van der Waals surface area contributed by atoms with E-state index >= 15 is 0 Å². The molecule has 164 valence electrons. The number of carbonyl (C=O) groups excluding carboxylic acids is 1. The van der Waals surface area contributed by atoms with E-state index in [1.54, 1.807) is 0 Å². The first-order chi connectivity index (χ1) is 13.6. The van der Waals surface area contributed by atoms with Crippen LogP contribution in [0.3, 0.4) is 0 Å². The highest BCUT2D eigenvalue weighted by Gasteiger charge is 2.09. The maximum atomic E-state index is 11.4. The van der Waals surface area contributed by atoms with Gasteiger partial charge in [-0.1, -0.05) is 41.5 Å². The van der Waals surface area contributed by atoms with Crippen LogP contribution in [0, 0.1) is 0 Å². The normalized spacial score (nSPS) is 9.39. The van der Waals surface area contributed by atoms with Crippen LogP contribution in [-0.2, 0) is 4.79 Å². The predicted octanol–water partition coefficient (Wildman–Crippen LogP) is 3.61. The van der Waals surface area contributed by atoms with Gasteiger partial charge in [0.25, 0.3) is 0 Å². The van der Waals surface area contributed by atoms with Crippen LogP contribution in [0.4, 0.5) is 11.5 Å². The molecule has 7 heteroatoms. The topological polar surface area (TPSA) is 101 Å². The van der Waals surface area contributed by atoms with Gasteiger partial charge >= 0.3 is 0 Å². The molecule has 1 aromatic heterocycles. The van der Waals surface area contributed by atoms with Crippen molar-refractivity contribution in [2.75, 3.05) is 43.5 Å². The minimum absolute atomic E-state index is 0.0513. The Kier molecular flexibility index (Phi) is 19.9. The smallest absolute Gasteiger partial charge is 0.220 e. The summed E-state index contributed by atoms with van der Waals surface area (Å²) in [4.78, 5) is 17.9. The highest BCUT2D eigenvalue weighted by molar-refractivity contribution is 5.75. The van der Waals surface area contributed by atoms with E-state index in [-0.39, 0.29) is 19.1 Å². The number of amides is 1. The standard InChI is InChI=1S/C17H30N4O3.2C2H6/c1-3-8-21(9-4-2)14-12-15(18)20-17(13-14)24-11-5-6-16(23)19-7-10-22;2*1-2/h12-13,22H,3-11H2,1-2H3,(H2,18,20)(H,19,23);2*1-2H3. The number of aliphatic hydroxyl groups excluding tert-OH is 1. The molecular weight excluding hydrogens is 356 g/mol. The van der Waals surface area contributed by atoms with Crippen LogP contribution in [0.5, 0.6) is 5.88 Å². The predicted molar refractivity (Wildman–Crippen MR) is 119 cm³/mol. The SMILES string of the molecule is CC.CC.CCCN(CCC)c1cc(N)nc(OCCCC(=O)NCCO)c1. The molecule has 0 fully saturated rings. The molecule has 0 atom stereocenters.